The minimum absolute atomic E-state index is 0. The van der Waals surface area contributed by atoms with Gasteiger partial charge in [0.15, 0.2) is 5.11 Å². The predicted molar refractivity (Wildman–Crippen MR) is 49.1 cm³/mol. The van der Waals surface area contributed by atoms with E-state index in [9.17, 15) is 0 Å². The maximum absolute atomic E-state index is 5.01. The topological polar surface area (TPSA) is 24.1 Å². The van der Waals surface area contributed by atoms with Gasteiger partial charge in [0.05, 0.1) is 0 Å². The first-order chi connectivity index (χ1) is 4.86. The number of nitrogens with one attached hydrogen (secondary N) is 2. The molecule has 1 saturated heterocycles. The van der Waals surface area contributed by atoms with E-state index in [1.807, 2.05) is 0 Å². The van der Waals surface area contributed by atoms with Crippen LogP contribution in [0.25, 0.3) is 0 Å². The van der Waals surface area contributed by atoms with Gasteiger partial charge in [0.25, 0.3) is 0 Å². The summed E-state index contributed by atoms with van der Waals surface area (Å²) < 4.78 is 0. The summed E-state index contributed by atoms with van der Waals surface area (Å²) >= 11 is 5.01. The minimum Gasteiger partial charge on any atom is -0.358 e. The summed E-state index contributed by atoms with van der Waals surface area (Å²) in [5, 5.41) is 7.41. The van der Waals surface area contributed by atoms with Crippen molar-refractivity contribution in [1.82, 2.24) is 10.6 Å². The van der Waals surface area contributed by atoms with Gasteiger partial charge in [-0.3, -0.25) is 0 Å². The van der Waals surface area contributed by atoms with Crippen LogP contribution in [-0.4, -0.2) is 17.2 Å². The van der Waals surface area contributed by atoms with Crippen molar-refractivity contribution in [3.05, 3.63) is 0 Å². The molecule has 0 amide bonds. The number of fused-ring (bicyclic) bond motifs is 1. The van der Waals surface area contributed by atoms with E-state index in [0.717, 1.165) is 5.11 Å². The molecule has 0 aromatic heterocycles. The molecule has 3 heteroatoms. The second-order valence-electron chi connectivity index (χ2n) is 3.12. The summed E-state index contributed by atoms with van der Waals surface area (Å²) in [6.07, 6.45) is 5.30. The van der Waals surface area contributed by atoms with Crippen molar-refractivity contribution in [2.45, 2.75) is 37.8 Å². The van der Waals surface area contributed by atoms with Gasteiger partial charge in [0.2, 0.25) is 0 Å². The summed E-state index contributed by atoms with van der Waals surface area (Å²) in [5.74, 6) is 0. The van der Waals surface area contributed by atoms with Crippen LogP contribution in [0.5, 0.6) is 0 Å². The van der Waals surface area contributed by atoms with Gasteiger partial charge in [0.1, 0.15) is 0 Å². The molecule has 1 saturated carbocycles. The van der Waals surface area contributed by atoms with E-state index in [2.05, 4.69) is 10.6 Å². The Morgan fingerprint density at radius 3 is 2.20 bits per heavy atom. The third-order valence-corrected chi connectivity index (χ3v) is 2.63. The van der Waals surface area contributed by atoms with Gasteiger partial charge in [-0.2, -0.15) is 0 Å². The van der Waals surface area contributed by atoms with E-state index in [1.54, 1.807) is 0 Å². The molecule has 0 aromatic carbocycles. The zero-order valence-corrected chi connectivity index (χ0v) is 6.71. The molecule has 0 spiro atoms. The Bertz CT molecular complexity index is 149. The molecule has 10 heavy (non-hydrogen) atoms. The molecule has 0 aromatic rings. The third-order valence-electron chi connectivity index (χ3n) is 2.40. The molecule has 0 radical (unpaired) electrons. The molecule has 1 heterocycles. The summed E-state index contributed by atoms with van der Waals surface area (Å²) in [5.41, 5.74) is 0. The smallest absolute Gasteiger partial charge is 0.166 e. The second kappa shape index (κ2) is 2.38. The van der Waals surface area contributed by atoms with Gasteiger partial charge in [0, 0.05) is 14.9 Å². The van der Waals surface area contributed by atoms with Crippen molar-refractivity contribution in [1.29, 1.82) is 0 Å². The lowest BCUT2D eigenvalue weighted by Crippen LogP contribution is -2.36. The highest BCUT2D eigenvalue weighted by Crippen LogP contribution is 2.21. The van der Waals surface area contributed by atoms with Crippen molar-refractivity contribution < 1.29 is 2.85 Å². The Kier molecular flexibility index (Phi) is 1.52. The van der Waals surface area contributed by atoms with Crippen molar-refractivity contribution >= 4 is 17.3 Å². The normalized spacial score (nSPS) is 38.2. The van der Waals surface area contributed by atoms with Crippen LogP contribution in [0.4, 0.5) is 0 Å². The standard InChI is InChI=1S/C7H12N2S.2H2/c10-7-8-5-3-1-2-4-6(5)9-7;;/h5-6H,1-4H2,(H2,8,9,10);2*1H/t5-,6+;;. The molecule has 2 fully saturated rings. The maximum atomic E-state index is 5.01. The van der Waals surface area contributed by atoms with Crippen molar-refractivity contribution in [2.24, 2.45) is 0 Å². The third kappa shape index (κ3) is 0.985. The molecule has 2 N–H and O–H groups in total. The molecule has 1 aliphatic carbocycles. The Balaban J connectivity index is 0.000000605. The fourth-order valence-electron chi connectivity index (χ4n) is 1.85. The largest absolute Gasteiger partial charge is 0.358 e. The van der Waals surface area contributed by atoms with Crippen LogP contribution in [0.3, 0.4) is 0 Å². The first-order valence-electron chi connectivity index (χ1n) is 3.93. The summed E-state index contributed by atoms with van der Waals surface area (Å²) in [6.45, 7) is 0. The highest BCUT2D eigenvalue weighted by molar-refractivity contribution is 7.80. The number of hydrogen-bond acceptors (Lipinski definition) is 1. The van der Waals surface area contributed by atoms with Crippen LogP contribution in [0.2, 0.25) is 0 Å². The van der Waals surface area contributed by atoms with Crippen molar-refractivity contribution in [3.8, 4) is 0 Å². The van der Waals surface area contributed by atoms with E-state index < -0.39 is 0 Å². The molecule has 1 aliphatic heterocycles. The van der Waals surface area contributed by atoms with Gasteiger partial charge in [-0.05, 0) is 25.1 Å². The van der Waals surface area contributed by atoms with Crippen LogP contribution in [-0.2, 0) is 0 Å². The molecular weight excluding hydrogens is 144 g/mol. The predicted octanol–water partition coefficient (Wildman–Crippen LogP) is 1.27. The second-order valence-corrected chi connectivity index (χ2v) is 3.52. The molecule has 2 atom stereocenters. The van der Waals surface area contributed by atoms with Crippen LogP contribution in [0.1, 0.15) is 28.5 Å². The molecule has 2 aliphatic rings. The minimum atomic E-state index is 0. The molecule has 0 unspecified atom stereocenters. The van der Waals surface area contributed by atoms with E-state index in [-0.39, 0.29) is 2.85 Å². The highest BCUT2D eigenvalue weighted by atomic mass is 32.1. The summed E-state index contributed by atoms with van der Waals surface area (Å²) in [6, 6.07) is 1.28. The lowest BCUT2D eigenvalue weighted by molar-refractivity contribution is 0.374. The monoisotopic (exact) mass is 160 g/mol. The number of hydrogen-bond donors (Lipinski definition) is 2. The van der Waals surface area contributed by atoms with E-state index in [4.69, 9.17) is 12.2 Å². The zero-order valence-electron chi connectivity index (χ0n) is 5.89. The van der Waals surface area contributed by atoms with Crippen LogP contribution in [0, 0.1) is 0 Å². The van der Waals surface area contributed by atoms with Crippen molar-refractivity contribution in [3.63, 3.8) is 0 Å². The van der Waals surface area contributed by atoms with Gasteiger partial charge in [-0.25, -0.2) is 0 Å². The van der Waals surface area contributed by atoms with Crippen LogP contribution < -0.4 is 10.6 Å². The van der Waals surface area contributed by atoms with E-state index in [1.165, 1.54) is 25.7 Å². The lowest BCUT2D eigenvalue weighted by Gasteiger charge is -2.23. The fourth-order valence-corrected chi connectivity index (χ4v) is 2.16. The SMILES string of the molecule is S=C1N[C@H]2CCCC[C@H]2N1.[HH].[HH]. The highest BCUT2D eigenvalue weighted by Gasteiger charge is 2.30. The number of thiocarbonyl (C=S) groups is 1. The number of rotatable bonds is 0. The Labute approximate surface area is 69.3 Å². The lowest BCUT2D eigenvalue weighted by atomic mass is 9.92. The van der Waals surface area contributed by atoms with Gasteiger partial charge in [-0.15, -0.1) is 0 Å². The Hall–Kier alpha value is -0.310. The zero-order chi connectivity index (χ0) is 6.97. The molecule has 60 valence electrons. The summed E-state index contributed by atoms with van der Waals surface area (Å²) in [7, 11) is 0. The first-order valence-corrected chi connectivity index (χ1v) is 4.34. The van der Waals surface area contributed by atoms with Gasteiger partial charge < -0.3 is 10.6 Å². The molecule has 2 rings (SSSR count). The average molecular weight is 160 g/mol. The molecular formula is C7H16N2S. The Morgan fingerprint density at radius 2 is 1.70 bits per heavy atom. The summed E-state index contributed by atoms with van der Waals surface area (Å²) in [4.78, 5) is 0. The fraction of sp³-hybridized carbons (Fsp3) is 0.857. The van der Waals surface area contributed by atoms with Crippen LogP contribution in [0.15, 0.2) is 0 Å². The maximum Gasteiger partial charge on any atom is 0.166 e. The van der Waals surface area contributed by atoms with E-state index in [0.29, 0.717) is 12.1 Å². The Morgan fingerprint density at radius 1 is 1.20 bits per heavy atom. The van der Waals surface area contributed by atoms with Gasteiger partial charge in [-0.1, -0.05) is 12.8 Å². The van der Waals surface area contributed by atoms with Crippen LogP contribution >= 0.6 is 12.2 Å². The van der Waals surface area contributed by atoms with E-state index >= 15 is 0 Å². The average Bonchev–Trinajstić information content (AvgIpc) is 2.27. The van der Waals surface area contributed by atoms with Crippen molar-refractivity contribution in [2.75, 3.05) is 0 Å². The molecule has 0 bridgehead atoms. The first kappa shape index (κ1) is 6.40. The van der Waals surface area contributed by atoms with Gasteiger partial charge >= 0.3 is 0 Å². The molecule has 2 nitrogen and oxygen atoms in total. The quantitative estimate of drug-likeness (QED) is 0.522.